The van der Waals surface area contributed by atoms with Crippen molar-refractivity contribution in [2.45, 2.75) is 57.4 Å². The van der Waals surface area contributed by atoms with Crippen molar-refractivity contribution in [1.82, 2.24) is 0 Å². The van der Waals surface area contributed by atoms with E-state index in [1.165, 1.54) is 6.92 Å². The monoisotopic (exact) mass is 380 g/mol. The van der Waals surface area contributed by atoms with E-state index in [0.29, 0.717) is 6.61 Å². The zero-order valence-corrected chi connectivity index (χ0v) is 14.9. The van der Waals surface area contributed by atoms with Gasteiger partial charge in [0.05, 0.1) is 25.9 Å². The molecular formula is C16H28O10. The fourth-order valence-electron chi connectivity index (χ4n) is 2.10. The number of cyclic esters (lactones) is 1. The molecule has 0 aromatic heterocycles. The lowest BCUT2D eigenvalue weighted by atomic mass is 10.2. The number of hydrogen-bond donors (Lipinski definition) is 5. The highest BCUT2D eigenvalue weighted by Crippen LogP contribution is 2.27. The van der Waals surface area contributed by atoms with Crippen LogP contribution in [0.25, 0.3) is 0 Å². The number of aliphatic hydroxyl groups excluding tert-OH is 5. The Labute approximate surface area is 151 Å². The molecule has 3 unspecified atom stereocenters. The molecule has 0 fully saturated rings. The van der Waals surface area contributed by atoms with Crippen LogP contribution < -0.4 is 0 Å². The maximum absolute atomic E-state index is 11.5. The molecule has 26 heavy (non-hydrogen) atoms. The fraction of sp³-hybridized carbons (Fsp3) is 0.812. The molecule has 0 saturated carbocycles. The second kappa shape index (κ2) is 11.3. The van der Waals surface area contributed by atoms with E-state index in [1.807, 2.05) is 6.92 Å². The van der Waals surface area contributed by atoms with Crippen LogP contribution in [-0.4, -0.2) is 88.6 Å². The molecule has 0 aromatic carbocycles. The lowest BCUT2D eigenvalue weighted by molar-refractivity contribution is -0.214. The largest absolute Gasteiger partial charge is 0.499 e. The average molecular weight is 380 g/mol. The SMILES string of the molecule is CCCCOC(CO)C(OCC(C)O)OC1=C(O)C(=O)O[C@@H]1[C@@H](O)CO. The molecule has 10 heteroatoms. The van der Waals surface area contributed by atoms with Crippen LogP contribution >= 0.6 is 0 Å². The number of hydrogen-bond acceptors (Lipinski definition) is 10. The van der Waals surface area contributed by atoms with Gasteiger partial charge < -0.3 is 44.5 Å². The molecule has 1 aliphatic heterocycles. The second-order valence-electron chi connectivity index (χ2n) is 5.90. The minimum atomic E-state index is -1.52. The third kappa shape index (κ3) is 6.38. The van der Waals surface area contributed by atoms with Gasteiger partial charge in [-0.15, -0.1) is 0 Å². The average Bonchev–Trinajstić information content (AvgIpc) is 2.90. The highest BCUT2D eigenvalue weighted by molar-refractivity contribution is 5.89. The van der Waals surface area contributed by atoms with Gasteiger partial charge in [0.15, 0.2) is 11.9 Å². The van der Waals surface area contributed by atoms with Gasteiger partial charge in [0, 0.05) is 6.61 Å². The van der Waals surface area contributed by atoms with Crippen molar-refractivity contribution in [3.8, 4) is 0 Å². The summed E-state index contributed by atoms with van der Waals surface area (Å²) in [6.45, 7) is 2.33. The van der Waals surface area contributed by atoms with E-state index >= 15 is 0 Å². The van der Waals surface area contributed by atoms with Gasteiger partial charge in [0.2, 0.25) is 12.0 Å². The Balaban J connectivity index is 2.95. The van der Waals surface area contributed by atoms with Crippen molar-refractivity contribution < 1.29 is 49.3 Å². The Hall–Kier alpha value is -1.43. The summed E-state index contributed by atoms with van der Waals surface area (Å²) in [6, 6.07) is 0. The van der Waals surface area contributed by atoms with Crippen LogP contribution in [0.4, 0.5) is 0 Å². The summed E-state index contributed by atoms with van der Waals surface area (Å²) in [4.78, 5) is 11.5. The Morgan fingerprint density at radius 2 is 1.88 bits per heavy atom. The quantitative estimate of drug-likeness (QED) is 0.152. The lowest BCUT2D eigenvalue weighted by Gasteiger charge is -2.29. The molecule has 5 N–H and O–H groups in total. The Kier molecular flexibility index (Phi) is 9.84. The topological polar surface area (TPSA) is 155 Å². The second-order valence-corrected chi connectivity index (χ2v) is 5.90. The van der Waals surface area contributed by atoms with E-state index in [2.05, 4.69) is 0 Å². The molecule has 10 nitrogen and oxygen atoms in total. The standard InChI is InChI=1S/C16H28O10/c1-3-4-5-23-11(7-18)16(24-8-9(2)19)26-14-12(21)15(22)25-13(14)10(20)6-17/h9-11,13,16-21H,3-8H2,1-2H3/t9?,10-,11?,13+,16?/m0/s1. The van der Waals surface area contributed by atoms with Crippen LogP contribution in [0.15, 0.2) is 11.5 Å². The molecule has 0 spiro atoms. The first-order valence-electron chi connectivity index (χ1n) is 8.47. The molecule has 0 aromatic rings. The van der Waals surface area contributed by atoms with Gasteiger partial charge in [-0.05, 0) is 13.3 Å². The van der Waals surface area contributed by atoms with Crippen molar-refractivity contribution in [3.05, 3.63) is 11.5 Å². The van der Waals surface area contributed by atoms with Gasteiger partial charge in [0.1, 0.15) is 12.2 Å². The van der Waals surface area contributed by atoms with Crippen molar-refractivity contribution in [3.63, 3.8) is 0 Å². The minimum absolute atomic E-state index is 0.172. The molecule has 5 atom stereocenters. The van der Waals surface area contributed by atoms with E-state index in [0.717, 1.165) is 12.8 Å². The van der Waals surface area contributed by atoms with E-state index in [4.69, 9.17) is 24.1 Å². The summed E-state index contributed by atoms with van der Waals surface area (Å²) in [5.41, 5.74) is 0. The van der Waals surface area contributed by atoms with Crippen LogP contribution in [-0.2, 0) is 23.7 Å². The van der Waals surface area contributed by atoms with E-state index in [-0.39, 0.29) is 6.61 Å². The van der Waals surface area contributed by atoms with Crippen molar-refractivity contribution in [2.24, 2.45) is 0 Å². The maximum atomic E-state index is 11.5. The molecule has 1 aliphatic rings. The predicted molar refractivity (Wildman–Crippen MR) is 86.9 cm³/mol. The Morgan fingerprint density at radius 3 is 2.42 bits per heavy atom. The van der Waals surface area contributed by atoms with E-state index in [9.17, 15) is 25.2 Å². The fourth-order valence-corrected chi connectivity index (χ4v) is 2.10. The molecule has 0 aliphatic carbocycles. The first-order valence-corrected chi connectivity index (χ1v) is 8.47. The van der Waals surface area contributed by atoms with Crippen molar-refractivity contribution in [2.75, 3.05) is 26.4 Å². The van der Waals surface area contributed by atoms with Gasteiger partial charge in [0.25, 0.3) is 0 Å². The zero-order chi connectivity index (χ0) is 19.7. The highest BCUT2D eigenvalue weighted by Gasteiger charge is 2.43. The van der Waals surface area contributed by atoms with Gasteiger partial charge in [-0.3, -0.25) is 0 Å². The number of carbonyl (C=O) groups is 1. The number of esters is 1. The molecule has 1 rings (SSSR count). The number of unbranched alkanes of at least 4 members (excludes halogenated alkanes) is 1. The van der Waals surface area contributed by atoms with E-state index in [1.54, 1.807) is 0 Å². The van der Waals surface area contributed by atoms with Crippen LogP contribution in [0.2, 0.25) is 0 Å². The Morgan fingerprint density at radius 1 is 1.19 bits per heavy atom. The third-order valence-corrected chi connectivity index (χ3v) is 3.51. The zero-order valence-electron chi connectivity index (χ0n) is 14.9. The van der Waals surface area contributed by atoms with Crippen molar-refractivity contribution in [1.29, 1.82) is 0 Å². The summed E-state index contributed by atoms with van der Waals surface area (Å²) in [5.74, 6) is -2.44. The van der Waals surface area contributed by atoms with Gasteiger partial charge in [-0.1, -0.05) is 13.3 Å². The molecule has 152 valence electrons. The lowest BCUT2D eigenvalue weighted by Crippen LogP contribution is -2.41. The van der Waals surface area contributed by atoms with Gasteiger partial charge >= 0.3 is 5.97 Å². The molecule has 0 saturated heterocycles. The van der Waals surface area contributed by atoms with Crippen LogP contribution in [0, 0.1) is 0 Å². The summed E-state index contributed by atoms with van der Waals surface area (Å²) < 4.78 is 21.1. The number of ether oxygens (including phenoxy) is 4. The predicted octanol–water partition coefficient (Wildman–Crippen LogP) is -1.05. The van der Waals surface area contributed by atoms with Crippen LogP contribution in [0.1, 0.15) is 26.7 Å². The minimum Gasteiger partial charge on any atom is -0.499 e. The number of rotatable bonds is 13. The number of carbonyl (C=O) groups excluding carboxylic acids is 1. The molecular weight excluding hydrogens is 352 g/mol. The third-order valence-electron chi connectivity index (χ3n) is 3.51. The summed E-state index contributed by atoms with van der Waals surface area (Å²) >= 11 is 0. The van der Waals surface area contributed by atoms with Gasteiger partial charge in [-0.2, -0.15) is 0 Å². The Bertz CT molecular complexity index is 464. The number of aliphatic hydroxyl groups is 5. The normalized spacial score (nSPS) is 22.1. The summed E-state index contributed by atoms with van der Waals surface area (Å²) in [5, 5.41) is 47.6. The highest BCUT2D eigenvalue weighted by atomic mass is 16.7. The maximum Gasteiger partial charge on any atom is 0.378 e. The molecule has 1 heterocycles. The van der Waals surface area contributed by atoms with Crippen molar-refractivity contribution >= 4 is 5.97 Å². The van der Waals surface area contributed by atoms with Crippen LogP contribution in [0.5, 0.6) is 0 Å². The molecule has 0 amide bonds. The smallest absolute Gasteiger partial charge is 0.378 e. The molecule has 0 bridgehead atoms. The summed E-state index contributed by atoms with van der Waals surface area (Å²) in [6.07, 6.45) is -4.50. The first kappa shape index (κ1) is 22.6. The van der Waals surface area contributed by atoms with Gasteiger partial charge in [-0.25, -0.2) is 4.79 Å². The first-order chi connectivity index (χ1) is 12.3. The molecule has 0 radical (unpaired) electrons. The van der Waals surface area contributed by atoms with E-state index < -0.39 is 61.4 Å². The van der Waals surface area contributed by atoms with Crippen LogP contribution in [0.3, 0.4) is 0 Å². The summed E-state index contributed by atoms with van der Waals surface area (Å²) in [7, 11) is 0.